The van der Waals surface area contributed by atoms with Crippen molar-refractivity contribution in [2.75, 3.05) is 13.2 Å². The molecule has 0 saturated carbocycles. The minimum atomic E-state index is -0.116. The van der Waals surface area contributed by atoms with Crippen LogP contribution in [0.2, 0.25) is 0 Å². The number of hydrogen-bond donors (Lipinski definition) is 1. The molecule has 0 fully saturated rings. The van der Waals surface area contributed by atoms with E-state index in [0.717, 1.165) is 12.2 Å². The van der Waals surface area contributed by atoms with E-state index in [1.54, 1.807) is 12.5 Å². The van der Waals surface area contributed by atoms with Gasteiger partial charge in [0.15, 0.2) is 6.61 Å². The molecule has 1 aromatic carbocycles. The maximum Gasteiger partial charge on any atom is 0.258 e. The van der Waals surface area contributed by atoms with Crippen LogP contribution in [0.15, 0.2) is 43.0 Å². The van der Waals surface area contributed by atoms with Crippen molar-refractivity contribution in [1.82, 2.24) is 14.9 Å². The first kappa shape index (κ1) is 16.1. The van der Waals surface area contributed by atoms with Crippen molar-refractivity contribution in [3.8, 4) is 5.75 Å². The molecule has 5 nitrogen and oxygen atoms in total. The average Bonchev–Trinajstić information content (AvgIpc) is 3.05. The van der Waals surface area contributed by atoms with Gasteiger partial charge in [0.1, 0.15) is 5.75 Å². The van der Waals surface area contributed by atoms with Gasteiger partial charge >= 0.3 is 0 Å². The molecule has 1 N–H and O–H groups in total. The Morgan fingerprint density at radius 2 is 2.14 bits per heavy atom. The SMILES string of the molecule is CCCCc1ccc(OCC(=O)NCCn2ccnc2)cc1. The van der Waals surface area contributed by atoms with E-state index in [2.05, 4.69) is 29.4 Å². The van der Waals surface area contributed by atoms with Crippen LogP contribution in [0.4, 0.5) is 0 Å². The van der Waals surface area contributed by atoms with E-state index < -0.39 is 0 Å². The van der Waals surface area contributed by atoms with Crippen molar-refractivity contribution >= 4 is 5.91 Å². The predicted octanol–water partition coefficient (Wildman–Crippen LogP) is 2.42. The van der Waals surface area contributed by atoms with Crippen molar-refractivity contribution < 1.29 is 9.53 Å². The monoisotopic (exact) mass is 301 g/mol. The lowest BCUT2D eigenvalue weighted by molar-refractivity contribution is -0.123. The Bertz CT molecular complexity index is 550. The number of aromatic nitrogens is 2. The molecule has 0 atom stereocenters. The molecule has 1 amide bonds. The van der Waals surface area contributed by atoms with Crippen molar-refractivity contribution in [1.29, 1.82) is 0 Å². The van der Waals surface area contributed by atoms with Crippen LogP contribution in [-0.2, 0) is 17.8 Å². The Morgan fingerprint density at radius 1 is 1.32 bits per heavy atom. The van der Waals surface area contributed by atoms with Gasteiger partial charge in [0.2, 0.25) is 0 Å². The number of carbonyl (C=O) groups is 1. The number of aryl methyl sites for hydroxylation is 1. The van der Waals surface area contributed by atoms with Gasteiger partial charge in [-0.25, -0.2) is 4.98 Å². The number of amides is 1. The highest BCUT2D eigenvalue weighted by Gasteiger charge is 2.02. The molecule has 1 aromatic heterocycles. The second-order valence-electron chi connectivity index (χ2n) is 5.19. The molecule has 22 heavy (non-hydrogen) atoms. The number of rotatable bonds is 9. The molecule has 0 bridgehead atoms. The maximum absolute atomic E-state index is 11.7. The Kier molecular flexibility index (Phi) is 6.48. The highest BCUT2D eigenvalue weighted by atomic mass is 16.5. The Hall–Kier alpha value is -2.30. The fraction of sp³-hybridized carbons (Fsp3) is 0.412. The lowest BCUT2D eigenvalue weighted by atomic mass is 10.1. The Morgan fingerprint density at radius 3 is 2.82 bits per heavy atom. The normalized spacial score (nSPS) is 10.4. The molecule has 2 rings (SSSR count). The van der Waals surface area contributed by atoms with Crippen LogP contribution in [0, 0.1) is 0 Å². The number of nitrogens with one attached hydrogen (secondary N) is 1. The van der Waals surface area contributed by atoms with E-state index in [1.807, 2.05) is 22.9 Å². The lowest BCUT2D eigenvalue weighted by Crippen LogP contribution is -2.31. The first-order chi connectivity index (χ1) is 10.8. The third-order valence-corrected chi connectivity index (χ3v) is 3.36. The van der Waals surface area contributed by atoms with E-state index in [4.69, 9.17) is 4.74 Å². The summed E-state index contributed by atoms with van der Waals surface area (Å²) in [4.78, 5) is 15.6. The molecule has 0 aliphatic rings. The van der Waals surface area contributed by atoms with Crippen LogP contribution in [-0.4, -0.2) is 28.6 Å². The Labute approximate surface area is 131 Å². The number of hydrogen-bond acceptors (Lipinski definition) is 3. The first-order valence-electron chi connectivity index (χ1n) is 7.72. The molecule has 2 aromatic rings. The summed E-state index contributed by atoms with van der Waals surface area (Å²) in [6.07, 6.45) is 8.78. The highest BCUT2D eigenvalue weighted by Crippen LogP contribution is 2.13. The maximum atomic E-state index is 11.7. The quantitative estimate of drug-likeness (QED) is 0.774. The van der Waals surface area contributed by atoms with E-state index in [-0.39, 0.29) is 12.5 Å². The third-order valence-electron chi connectivity index (χ3n) is 3.36. The molecule has 5 heteroatoms. The van der Waals surface area contributed by atoms with Crippen molar-refractivity contribution in [3.63, 3.8) is 0 Å². The summed E-state index contributed by atoms with van der Waals surface area (Å²) >= 11 is 0. The molecule has 0 saturated heterocycles. The van der Waals surface area contributed by atoms with E-state index in [1.165, 1.54) is 18.4 Å². The number of imidazole rings is 1. The fourth-order valence-corrected chi connectivity index (χ4v) is 2.08. The van der Waals surface area contributed by atoms with Crippen molar-refractivity contribution in [2.24, 2.45) is 0 Å². The molecule has 0 aliphatic heterocycles. The van der Waals surface area contributed by atoms with Gasteiger partial charge in [-0.15, -0.1) is 0 Å². The minimum Gasteiger partial charge on any atom is -0.484 e. The van der Waals surface area contributed by atoms with Crippen LogP contribution in [0.3, 0.4) is 0 Å². The first-order valence-corrected chi connectivity index (χ1v) is 7.72. The summed E-state index contributed by atoms with van der Waals surface area (Å²) in [6, 6.07) is 7.96. The summed E-state index contributed by atoms with van der Waals surface area (Å²) in [5.74, 6) is 0.611. The van der Waals surface area contributed by atoms with Gasteiger partial charge in [0.05, 0.1) is 6.33 Å². The highest BCUT2D eigenvalue weighted by molar-refractivity contribution is 5.77. The van der Waals surface area contributed by atoms with Crippen LogP contribution in [0.5, 0.6) is 5.75 Å². The predicted molar refractivity (Wildman–Crippen MR) is 85.8 cm³/mol. The number of carbonyl (C=O) groups excluding carboxylic acids is 1. The van der Waals surface area contributed by atoms with Gasteiger partial charge in [0.25, 0.3) is 5.91 Å². The van der Waals surface area contributed by atoms with Gasteiger partial charge in [0, 0.05) is 25.5 Å². The number of ether oxygens (including phenoxy) is 1. The molecule has 0 spiro atoms. The zero-order chi connectivity index (χ0) is 15.6. The summed E-state index contributed by atoms with van der Waals surface area (Å²) in [5.41, 5.74) is 1.30. The van der Waals surface area contributed by atoms with Gasteiger partial charge in [-0.1, -0.05) is 25.5 Å². The number of nitrogens with zero attached hydrogens (tertiary/aromatic N) is 2. The zero-order valence-corrected chi connectivity index (χ0v) is 13.0. The molecule has 1 heterocycles. The summed E-state index contributed by atoms with van der Waals surface area (Å²) in [6.45, 7) is 3.49. The second-order valence-corrected chi connectivity index (χ2v) is 5.19. The molecule has 0 unspecified atom stereocenters. The summed E-state index contributed by atoms with van der Waals surface area (Å²) < 4.78 is 7.40. The largest absolute Gasteiger partial charge is 0.484 e. The van der Waals surface area contributed by atoms with E-state index >= 15 is 0 Å². The fourth-order valence-electron chi connectivity index (χ4n) is 2.08. The molecular weight excluding hydrogens is 278 g/mol. The van der Waals surface area contributed by atoms with Gasteiger partial charge in [-0.3, -0.25) is 4.79 Å². The van der Waals surface area contributed by atoms with Gasteiger partial charge in [-0.05, 0) is 30.5 Å². The van der Waals surface area contributed by atoms with Crippen LogP contribution in [0.1, 0.15) is 25.3 Å². The third kappa shape index (κ3) is 5.60. The van der Waals surface area contributed by atoms with E-state index in [0.29, 0.717) is 13.1 Å². The number of benzene rings is 1. The van der Waals surface area contributed by atoms with Gasteiger partial charge in [-0.2, -0.15) is 0 Å². The van der Waals surface area contributed by atoms with Crippen molar-refractivity contribution in [3.05, 3.63) is 48.5 Å². The molecule has 0 aliphatic carbocycles. The van der Waals surface area contributed by atoms with Crippen molar-refractivity contribution in [2.45, 2.75) is 32.7 Å². The molecular formula is C17H23N3O2. The second kappa shape index (κ2) is 8.87. The average molecular weight is 301 g/mol. The topological polar surface area (TPSA) is 56.1 Å². The smallest absolute Gasteiger partial charge is 0.258 e. The molecule has 0 radical (unpaired) electrons. The summed E-state index contributed by atoms with van der Waals surface area (Å²) in [5, 5.41) is 2.82. The lowest BCUT2D eigenvalue weighted by Gasteiger charge is -2.08. The minimum absolute atomic E-state index is 0.0399. The standard InChI is InChI=1S/C17H23N3O2/c1-2-3-4-15-5-7-16(8-6-15)22-13-17(21)19-10-12-20-11-9-18-14-20/h5-9,11,14H,2-4,10,12-13H2,1H3,(H,19,21). The van der Waals surface area contributed by atoms with Crippen LogP contribution >= 0.6 is 0 Å². The zero-order valence-electron chi connectivity index (χ0n) is 13.0. The summed E-state index contributed by atoms with van der Waals surface area (Å²) in [7, 11) is 0. The van der Waals surface area contributed by atoms with Crippen LogP contribution < -0.4 is 10.1 Å². The van der Waals surface area contributed by atoms with Crippen LogP contribution in [0.25, 0.3) is 0 Å². The van der Waals surface area contributed by atoms with E-state index in [9.17, 15) is 4.79 Å². The van der Waals surface area contributed by atoms with Gasteiger partial charge < -0.3 is 14.6 Å². The number of unbranched alkanes of at least 4 members (excludes halogenated alkanes) is 1. The molecule has 118 valence electrons. The Balaban J connectivity index is 1.65.